The molecule has 1 saturated heterocycles. The molecule has 0 spiro atoms. The van der Waals surface area contributed by atoms with Crippen molar-refractivity contribution in [2.24, 2.45) is 0 Å². The number of alkyl halides is 3. The molecule has 1 fully saturated rings. The first-order valence-corrected chi connectivity index (χ1v) is 4.40. The Morgan fingerprint density at radius 3 is 2.19 bits per heavy atom. The molecule has 1 aliphatic rings. The van der Waals surface area contributed by atoms with Crippen molar-refractivity contribution < 1.29 is 32.6 Å². The summed E-state index contributed by atoms with van der Waals surface area (Å²) < 4.78 is 36.3. The summed E-state index contributed by atoms with van der Waals surface area (Å²) in [5.41, 5.74) is 0. The Morgan fingerprint density at radius 1 is 1.44 bits per heavy atom. The predicted octanol–water partition coefficient (Wildman–Crippen LogP) is 0.545. The highest BCUT2D eigenvalue weighted by molar-refractivity contribution is 5.75. The fourth-order valence-corrected chi connectivity index (χ4v) is 1.03. The number of carboxylic acid groups (broad SMARTS) is 1. The Hall–Kier alpha value is -1.31. The molecule has 1 atom stereocenters. The van der Waals surface area contributed by atoms with Crippen molar-refractivity contribution in [3.05, 3.63) is 0 Å². The van der Waals surface area contributed by atoms with Gasteiger partial charge < -0.3 is 15.2 Å². The third-order valence-corrected chi connectivity index (χ3v) is 1.79. The molecular formula is C8H12F3NO4. The molecule has 5 nitrogen and oxygen atoms in total. The van der Waals surface area contributed by atoms with E-state index in [1.807, 2.05) is 0 Å². The van der Waals surface area contributed by atoms with Gasteiger partial charge in [0.2, 0.25) is 0 Å². The lowest BCUT2D eigenvalue weighted by Gasteiger charge is -2.04. The SMILES string of the molecule is COC(=O)C1CCCN1.O=C(O)C(F)(F)F. The van der Waals surface area contributed by atoms with Crippen LogP contribution in [0.4, 0.5) is 13.2 Å². The van der Waals surface area contributed by atoms with Gasteiger partial charge in [0.25, 0.3) is 0 Å². The number of halogens is 3. The summed E-state index contributed by atoms with van der Waals surface area (Å²) in [6.45, 7) is 0.944. The zero-order valence-corrected chi connectivity index (χ0v) is 8.50. The molecule has 0 aromatic heterocycles. The molecule has 1 unspecified atom stereocenters. The van der Waals surface area contributed by atoms with Gasteiger partial charge in [-0.3, -0.25) is 4.79 Å². The summed E-state index contributed by atoms with van der Waals surface area (Å²) in [5.74, 6) is -2.89. The molecule has 1 aliphatic heterocycles. The van der Waals surface area contributed by atoms with Crippen LogP contribution in [0, 0.1) is 0 Å². The fraction of sp³-hybridized carbons (Fsp3) is 0.750. The van der Waals surface area contributed by atoms with E-state index in [-0.39, 0.29) is 12.0 Å². The molecule has 94 valence electrons. The highest BCUT2D eigenvalue weighted by atomic mass is 19.4. The van der Waals surface area contributed by atoms with Crippen molar-refractivity contribution >= 4 is 11.9 Å². The van der Waals surface area contributed by atoms with Crippen LogP contribution < -0.4 is 5.32 Å². The predicted molar refractivity (Wildman–Crippen MR) is 46.7 cm³/mol. The van der Waals surface area contributed by atoms with Crippen LogP contribution in [0.3, 0.4) is 0 Å². The van der Waals surface area contributed by atoms with Gasteiger partial charge in [-0.15, -0.1) is 0 Å². The number of hydrogen-bond donors (Lipinski definition) is 2. The monoisotopic (exact) mass is 243 g/mol. The van der Waals surface area contributed by atoms with Gasteiger partial charge >= 0.3 is 18.1 Å². The molecular weight excluding hydrogens is 231 g/mol. The van der Waals surface area contributed by atoms with Crippen molar-refractivity contribution in [2.45, 2.75) is 25.1 Å². The molecule has 8 heteroatoms. The lowest BCUT2D eigenvalue weighted by Crippen LogP contribution is -2.31. The van der Waals surface area contributed by atoms with Gasteiger partial charge in [0.1, 0.15) is 6.04 Å². The summed E-state index contributed by atoms with van der Waals surface area (Å²) in [5, 5.41) is 10.2. The van der Waals surface area contributed by atoms with Crippen LogP contribution >= 0.6 is 0 Å². The van der Waals surface area contributed by atoms with Gasteiger partial charge in [-0.25, -0.2) is 4.79 Å². The highest BCUT2D eigenvalue weighted by Gasteiger charge is 2.38. The first kappa shape index (κ1) is 14.7. The van der Waals surface area contributed by atoms with E-state index in [9.17, 15) is 18.0 Å². The largest absolute Gasteiger partial charge is 0.490 e. The Labute approximate surface area is 89.6 Å². The Balaban J connectivity index is 0.000000293. The Kier molecular flexibility index (Phi) is 5.79. The first-order valence-electron chi connectivity index (χ1n) is 4.40. The molecule has 1 rings (SSSR count). The topological polar surface area (TPSA) is 75.6 Å². The summed E-state index contributed by atoms with van der Waals surface area (Å²) in [4.78, 5) is 19.6. The Bertz CT molecular complexity index is 248. The van der Waals surface area contributed by atoms with E-state index < -0.39 is 12.1 Å². The standard InChI is InChI=1S/C6H11NO2.C2HF3O2/c1-9-6(8)5-3-2-4-7-5;3-2(4,5)1(6)7/h5,7H,2-4H2,1H3;(H,6,7). The maximum atomic E-state index is 10.7. The molecule has 16 heavy (non-hydrogen) atoms. The van der Waals surface area contributed by atoms with E-state index in [1.165, 1.54) is 7.11 Å². The van der Waals surface area contributed by atoms with Gasteiger partial charge in [0.15, 0.2) is 0 Å². The van der Waals surface area contributed by atoms with Crippen molar-refractivity contribution in [1.29, 1.82) is 0 Å². The molecule has 0 amide bonds. The summed E-state index contributed by atoms with van der Waals surface area (Å²) >= 11 is 0. The van der Waals surface area contributed by atoms with Crippen molar-refractivity contribution in [3.8, 4) is 0 Å². The minimum Gasteiger partial charge on any atom is -0.475 e. The zero-order chi connectivity index (χ0) is 12.8. The van der Waals surface area contributed by atoms with Gasteiger partial charge in [-0.2, -0.15) is 13.2 Å². The van der Waals surface area contributed by atoms with Crippen molar-refractivity contribution in [3.63, 3.8) is 0 Å². The number of ether oxygens (including phenoxy) is 1. The maximum Gasteiger partial charge on any atom is 0.490 e. The maximum absolute atomic E-state index is 10.7. The van der Waals surface area contributed by atoms with Crippen LogP contribution in [0.25, 0.3) is 0 Å². The molecule has 0 aliphatic carbocycles. The van der Waals surface area contributed by atoms with E-state index in [2.05, 4.69) is 10.1 Å². The second-order valence-electron chi connectivity index (χ2n) is 2.98. The number of carboxylic acids is 1. The summed E-state index contributed by atoms with van der Waals surface area (Å²) in [6, 6.07) is -0.0324. The van der Waals surface area contributed by atoms with E-state index in [4.69, 9.17) is 9.90 Å². The van der Waals surface area contributed by atoms with Crippen LogP contribution in [-0.2, 0) is 14.3 Å². The number of rotatable bonds is 1. The van der Waals surface area contributed by atoms with Crippen LogP contribution in [0.1, 0.15) is 12.8 Å². The van der Waals surface area contributed by atoms with E-state index in [1.54, 1.807) is 0 Å². The van der Waals surface area contributed by atoms with Gasteiger partial charge in [-0.05, 0) is 19.4 Å². The number of carbonyl (C=O) groups excluding carboxylic acids is 1. The van der Waals surface area contributed by atoms with Crippen LogP contribution in [0.5, 0.6) is 0 Å². The van der Waals surface area contributed by atoms with E-state index in [0.29, 0.717) is 0 Å². The third kappa shape index (κ3) is 5.54. The van der Waals surface area contributed by atoms with Crippen LogP contribution in [0.2, 0.25) is 0 Å². The smallest absolute Gasteiger partial charge is 0.475 e. The number of carbonyl (C=O) groups is 2. The van der Waals surface area contributed by atoms with Crippen LogP contribution in [0.15, 0.2) is 0 Å². The third-order valence-electron chi connectivity index (χ3n) is 1.79. The minimum atomic E-state index is -5.08. The summed E-state index contributed by atoms with van der Waals surface area (Å²) in [6.07, 6.45) is -3.08. The zero-order valence-electron chi connectivity index (χ0n) is 8.50. The number of methoxy groups -OCH3 is 1. The Morgan fingerprint density at radius 2 is 1.94 bits per heavy atom. The average molecular weight is 243 g/mol. The molecule has 2 N–H and O–H groups in total. The van der Waals surface area contributed by atoms with Crippen molar-refractivity contribution in [2.75, 3.05) is 13.7 Å². The lowest BCUT2D eigenvalue weighted by atomic mass is 10.2. The second-order valence-corrected chi connectivity index (χ2v) is 2.98. The minimum absolute atomic E-state index is 0.0324. The molecule has 0 radical (unpaired) electrons. The van der Waals surface area contributed by atoms with Gasteiger partial charge in [-0.1, -0.05) is 0 Å². The number of aliphatic carboxylic acids is 1. The second kappa shape index (κ2) is 6.31. The first-order chi connectivity index (χ1) is 7.29. The molecule has 0 bridgehead atoms. The average Bonchev–Trinajstić information content (AvgIpc) is 2.69. The quantitative estimate of drug-likeness (QED) is 0.657. The highest BCUT2D eigenvalue weighted by Crippen LogP contribution is 2.13. The van der Waals surface area contributed by atoms with Gasteiger partial charge in [0.05, 0.1) is 7.11 Å². The molecule has 0 aromatic carbocycles. The van der Waals surface area contributed by atoms with Gasteiger partial charge in [0, 0.05) is 0 Å². The summed E-state index contributed by atoms with van der Waals surface area (Å²) in [7, 11) is 1.42. The van der Waals surface area contributed by atoms with E-state index >= 15 is 0 Å². The normalized spacial score (nSPS) is 19.6. The number of hydrogen-bond acceptors (Lipinski definition) is 4. The van der Waals surface area contributed by atoms with E-state index in [0.717, 1.165) is 19.4 Å². The molecule has 0 aromatic rings. The lowest BCUT2D eigenvalue weighted by molar-refractivity contribution is -0.192. The fourth-order valence-electron chi connectivity index (χ4n) is 1.03. The molecule has 1 heterocycles. The number of nitrogens with one attached hydrogen (secondary N) is 1. The van der Waals surface area contributed by atoms with Crippen molar-refractivity contribution in [1.82, 2.24) is 5.32 Å². The number of esters is 1. The van der Waals surface area contributed by atoms with Crippen LogP contribution in [-0.4, -0.2) is 42.9 Å². The molecule has 0 saturated carbocycles.